The summed E-state index contributed by atoms with van der Waals surface area (Å²) in [5.41, 5.74) is -0.687. The van der Waals surface area contributed by atoms with Crippen molar-refractivity contribution in [2.24, 2.45) is 5.41 Å². The Hall–Kier alpha value is -1.84. The fourth-order valence-electron chi connectivity index (χ4n) is 3.05. The lowest BCUT2D eigenvalue weighted by molar-refractivity contribution is -0.135. The van der Waals surface area contributed by atoms with Crippen LogP contribution in [0, 0.1) is 19.3 Å². The lowest BCUT2D eigenvalue weighted by atomic mass is 9.82. The Bertz CT molecular complexity index is 780. The van der Waals surface area contributed by atoms with Crippen molar-refractivity contribution in [3.63, 3.8) is 0 Å². The van der Waals surface area contributed by atoms with E-state index in [0.29, 0.717) is 26.1 Å². The minimum atomic E-state index is -0.687. The molecule has 2 amide bonds. The molecule has 9 heteroatoms. The summed E-state index contributed by atoms with van der Waals surface area (Å²) in [5, 5.41) is 11.1. The van der Waals surface area contributed by atoms with Crippen LogP contribution in [-0.4, -0.2) is 34.9 Å². The van der Waals surface area contributed by atoms with Crippen molar-refractivity contribution in [3.05, 3.63) is 32.2 Å². The van der Waals surface area contributed by atoms with Crippen molar-refractivity contribution >= 4 is 34.5 Å². The van der Waals surface area contributed by atoms with E-state index in [1.807, 2.05) is 13.8 Å². The second kappa shape index (κ2) is 8.24. The third kappa shape index (κ3) is 4.66. The van der Waals surface area contributed by atoms with E-state index >= 15 is 0 Å². The summed E-state index contributed by atoms with van der Waals surface area (Å²) >= 11 is 3.13. The summed E-state index contributed by atoms with van der Waals surface area (Å²) in [6.45, 7) is 6.04. The third-order valence-corrected chi connectivity index (χ3v) is 6.27. The van der Waals surface area contributed by atoms with E-state index in [0.717, 1.165) is 26.3 Å². The molecule has 3 rings (SSSR count). The standard InChI is InChI=1S/C17H23N5O2S2/c1-11-19-6-13(25-11)8-21-15(23)5-17(3-4-18-10-17)16(24)22-9-14-7-20-12(2)26-14/h6-7,18H,3-5,8-10H2,1-2H3,(H,21,23)(H,22,24). The average molecular weight is 394 g/mol. The molecule has 2 aromatic rings. The Balaban J connectivity index is 1.55. The first-order valence-corrected chi connectivity index (χ1v) is 10.2. The second-order valence-electron chi connectivity index (χ2n) is 6.53. The number of aryl methyl sites for hydroxylation is 2. The summed E-state index contributed by atoms with van der Waals surface area (Å²) < 4.78 is 0. The predicted octanol–water partition coefficient (Wildman–Crippen LogP) is 1.52. The van der Waals surface area contributed by atoms with E-state index in [1.165, 1.54) is 0 Å². The molecule has 0 spiro atoms. The molecular formula is C17H23N5O2S2. The molecule has 1 atom stereocenters. The van der Waals surface area contributed by atoms with Crippen LogP contribution in [0.2, 0.25) is 0 Å². The van der Waals surface area contributed by atoms with Gasteiger partial charge in [0, 0.05) is 35.1 Å². The van der Waals surface area contributed by atoms with Crippen molar-refractivity contribution in [3.8, 4) is 0 Å². The Labute approximate surface area is 160 Å². The van der Waals surface area contributed by atoms with Gasteiger partial charge in [-0.2, -0.15) is 0 Å². The lowest BCUT2D eigenvalue weighted by Gasteiger charge is -2.26. The van der Waals surface area contributed by atoms with Crippen molar-refractivity contribution in [1.82, 2.24) is 25.9 Å². The first-order chi connectivity index (χ1) is 12.5. The summed E-state index contributed by atoms with van der Waals surface area (Å²) in [5.74, 6) is -0.180. The highest BCUT2D eigenvalue weighted by molar-refractivity contribution is 7.11. The Morgan fingerprint density at radius 2 is 1.73 bits per heavy atom. The van der Waals surface area contributed by atoms with Crippen LogP contribution >= 0.6 is 22.7 Å². The number of carbonyl (C=O) groups is 2. The van der Waals surface area contributed by atoms with Crippen molar-refractivity contribution in [2.45, 2.75) is 39.8 Å². The van der Waals surface area contributed by atoms with E-state index in [1.54, 1.807) is 35.1 Å². The van der Waals surface area contributed by atoms with Gasteiger partial charge in [0.2, 0.25) is 11.8 Å². The lowest BCUT2D eigenvalue weighted by Crippen LogP contribution is -2.45. The van der Waals surface area contributed by atoms with E-state index in [2.05, 4.69) is 25.9 Å². The van der Waals surface area contributed by atoms with E-state index in [-0.39, 0.29) is 18.2 Å². The van der Waals surface area contributed by atoms with Crippen LogP contribution in [-0.2, 0) is 22.7 Å². The van der Waals surface area contributed by atoms with Crippen LogP contribution in [0.5, 0.6) is 0 Å². The quantitative estimate of drug-likeness (QED) is 0.663. The molecule has 140 valence electrons. The molecule has 0 radical (unpaired) electrons. The van der Waals surface area contributed by atoms with Gasteiger partial charge in [-0.25, -0.2) is 9.97 Å². The Kier molecular flexibility index (Phi) is 6.00. The second-order valence-corrected chi connectivity index (χ2v) is 9.17. The molecular weight excluding hydrogens is 370 g/mol. The van der Waals surface area contributed by atoms with Gasteiger partial charge in [-0.15, -0.1) is 22.7 Å². The number of carbonyl (C=O) groups excluding carboxylic acids is 2. The smallest absolute Gasteiger partial charge is 0.228 e. The molecule has 26 heavy (non-hydrogen) atoms. The zero-order valence-electron chi connectivity index (χ0n) is 14.9. The normalized spacial score (nSPS) is 19.5. The summed E-state index contributed by atoms with van der Waals surface area (Å²) in [6.07, 6.45) is 4.40. The van der Waals surface area contributed by atoms with Crippen molar-refractivity contribution < 1.29 is 9.59 Å². The van der Waals surface area contributed by atoms with Gasteiger partial charge in [-0.3, -0.25) is 9.59 Å². The number of rotatable bonds is 7. The highest BCUT2D eigenvalue weighted by atomic mass is 32.1. The maximum Gasteiger partial charge on any atom is 0.228 e. The molecule has 1 aliphatic heterocycles. The molecule has 1 fully saturated rings. The highest BCUT2D eigenvalue weighted by Crippen LogP contribution is 2.30. The Morgan fingerprint density at radius 1 is 1.12 bits per heavy atom. The largest absolute Gasteiger partial charge is 0.351 e. The number of nitrogens with one attached hydrogen (secondary N) is 3. The van der Waals surface area contributed by atoms with Gasteiger partial charge in [0.25, 0.3) is 0 Å². The minimum Gasteiger partial charge on any atom is -0.351 e. The number of nitrogens with zero attached hydrogens (tertiary/aromatic N) is 2. The monoisotopic (exact) mass is 393 g/mol. The van der Waals surface area contributed by atoms with Gasteiger partial charge in [0.15, 0.2) is 0 Å². The molecule has 0 saturated carbocycles. The zero-order chi connectivity index (χ0) is 18.6. The third-order valence-electron chi connectivity index (χ3n) is 4.45. The molecule has 3 N–H and O–H groups in total. The van der Waals surface area contributed by atoms with Crippen LogP contribution in [0.25, 0.3) is 0 Å². The fourth-order valence-corrected chi connectivity index (χ4v) is 4.52. The minimum absolute atomic E-state index is 0.0719. The van der Waals surface area contributed by atoms with Crippen LogP contribution < -0.4 is 16.0 Å². The molecule has 0 bridgehead atoms. The number of aromatic nitrogens is 2. The summed E-state index contributed by atoms with van der Waals surface area (Å²) in [7, 11) is 0. The molecule has 0 aromatic carbocycles. The van der Waals surface area contributed by atoms with Gasteiger partial charge in [-0.1, -0.05) is 0 Å². The SMILES string of the molecule is Cc1ncc(CNC(=O)CC2(C(=O)NCc3cnc(C)s3)CCNC2)s1. The van der Waals surface area contributed by atoms with Crippen LogP contribution in [0.1, 0.15) is 32.6 Å². The van der Waals surface area contributed by atoms with Gasteiger partial charge >= 0.3 is 0 Å². The number of thiazole rings is 2. The maximum atomic E-state index is 12.8. The molecule has 7 nitrogen and oxygen atoms in total. The number of hydrogen-bond acceptors (Lipinski definition) is 7. The van der Waals surface area contributed by atoms with Crippen molar-refractivity contribution in [2.75, 3.05) is 13.1 Å². The van der Waals surface area contributed by atoms with Crippen LogP contribution in [0.4, 0.5) is 0 Å². The summed E-state index contributed by atoms with van der Waals surface area (Å²) in [4.78, 5) is 35.6. The van der Waals surface area contributed by atoms with Crippen LogP contribution in [0.15, 0.2) is 12.4 Å². The van der Waals surface area contributed by atoms with Gasteiger partial charge < -0.3 is 16.0 Å². The van der Waals surface area contributed by atoms with Gasteiger partial charge in [0.1, 0.15) is 0 Å². The number of amides is 2. The predicted molar refractivity (Wildman–Crippen MR) is 102 cm³/mol. The van der Waals surface area contributed by atoms with Gasteiger partial charge in [-0.05, 0) is 26.8 Å². The van der Waals surface area contributed by atoms with Gasteiger partial charge in [0.05, 0.1) is 28.5 Å². The molecule has 0 aliphatic carbocycles. The molecule has 3 heterocycles. The van der Waals surface area contributed by atoms with E-state index < -0.39 is 5.41 Å². The van der Waals surface area contributed by atoms with Crippen molar-refractivity contribution in [1.29, 1.82) is 0 Å². The molecule has 1 unspecified atom stereocenters. The topological polar surface area (TPSA) is 96.0 Å². The number of hydrogen-bond donors (Lipinski definition) is 3. The first kappa shape index (κ1) is 18.9. The average Bonchev–Trinajstić information content (AvgIpc) is 3.33. The zero-order valence-corrected chi connectivity index (χ0v) is 16.6. The van der Waals surface area contributed by atoms with E-state index in [9.17, 15) is 9.59 Å². The Morgan fingerprint density at radius 3 is 2.23 bits per heavy atom. The molecule has 1 aliphatic rings. The fraction of sp³-hybridized carbons (Fsp3) is 0.529. The van der Waals surface area contributed by atoms with Crippen LogP contribution in [0.3, 0.4) is 0 Å². The molecule has 1 saturated heterocycles. The first-order valence-electron chi connectivity index (χ1n) is 8.55. The molecule has 2 aromatic heterocycles. The maximum absolute atomic E-state index is 12.8. The summed E-state index contributed by atoms with van der Waals surface area (Å²) in [6, 6.07) is 0. The van der Waals surface area contributed by atoms with E-state index in [4.69, 9.17) is 0 Å². The highest BCUT2D eigenvalue weighted by Gasteiger charge is 2.42.